The first-order chi connectivity index (χ1) is 11.8. The van der Waals surface area contributed by atoms with Gasteiger partial charge in [-0.1, -0.05) is 0 Å². The summed E-state index contributed by atoms with van der Waals surface area (Å²) in [5.74, 6) is -1.23. The van der Waals surface area contributed by atoms with Crippen LogP contribution in [0.15, 0.2) is 46.9 Å². The number of benzene rings is 1. The summed E-state index contributed by atoms with van der Waals surface area (Å²) in [5, 5.41) is 13.1. The fourth-order valence-electron chi connectivity index (χ4n) is 1.84. The minimum absolute atomic E-state index is 0.0226. The van der Waals surface area contributed by atoms with E-state index in [1.807, 2.05) is 0 Å². The molecule has 128 valence electrons. The molecule has 9 nitrogen and oxygen atoms in total. The second-order valence-corrected chi connectivity index (χ2v) is 5.26. The Morgan fingerprint density at radius 1 is 1.28 bits per heavy atom. The largest absolute Gasteiger partial charge is 0.322 e. The van der Waals surface area contributed by atoms with E-state index >= 15 is 0 Å². The second kappa shape index (κ2) is 7.45. The molecular weight excluding hydrogens is 348 g/mol. The number of nitrogens with one attached hydrogen (secondary N) is 2. The molecule has 25 heavy (non-hydrogen) atoms. The lowest BCUT2D eigenvalue weighted by atomic mass is 10.2. The molecule has 10 heteroatoms. The first-order valence-electron chi connectivity index (χ1n) is 6.88. The van der Waals surface area contributed by atoms with Crippen molar-refractivity contribution in [3.05, 3.63) is 67.3 Å². The fraction of sp³-hybridized carbons (Fsp3) is 0.0667. The van der Waals surface area contributed by atoms with Crippen molar-refractivity contribution in [3.8, 4) is 0 Å². The van der Waals surface area contributed by atoms with Gasteiger partial charge in [0.2, 0.25) is 0 Å². The molecule has 0 aliphatic heterocycles. The Morgan fingerprint density at radius 2 is 1.92 bits per heavy atom. The number of aromatic nitrogens is 2. The Morgan fingerprint density at radius 3 is 2.44 bits per heavy atom. The number of amides is 1. The van der Waals surface area contributed by atoms with Gasteiger partial charge in [-0.2, -0.15) is 0 Å². The number of non-ortho nitro benzene ring substituents is 1. The lowest BCUT2D eigenvalue weighted by Crippen LogP contribution is -2.20. The topological polar surface area (TPSA) is 127 Å². The van der Waals surface area contributed by atoms with Crippen molar-refractivity contribution in [3.63, 3.8) is 0 Å². The molecule has 0 aliphatic rings. The SMILES string of the molecule is CC(=O)C(=Cn1ccc(=O)[nH]c1=S)C(=O)Nc1ccc([N+](=O)[O-])cc1. The van der Waals surface area contributed by atoms with Crippen molar-refractivity contribution < 1.29 is 14.5 Å². The summed E-state index contributed by atoms with van der Waals surface area (Å²) in [4.78, 5) is 47.6. The summed E-state index contributed by atoms with van der Waals surface area (Å²) in [6.45, 7) is 1.20. The van der Waals surface area contributed by atoms with Gasteiger partial charge < -0.3 is 5.32 Å². The zero-order valence-corrected chi connectivity index (χ0v) is 13.7. The summed E-state index contributed by atoms with van der Waals surface area (Å²) >= 11 is 4.96. The van der Waals surface area contributed by atoms with E-state index in [4.69, 9.17) is 12.2 Å². The molecule has 0 spiro atoms. The van der Waals surface area contributed by atoms with E-state index in [1.165, 1.54) is 54.2 Å². The Kier molecular flexibility index (Phi) is 5.35. The number of ketones is 1. The number of nitrogens with zero attached hydrogens (tertiary/aromatic N) is 2. The van der Waals surface area contributed by atoms with Crippen LogP contribution in [-0.4, -0.2) is 26.2 Å². The molecule has 0 saturated carbocycles. The Balaban J connectivity index is 2.30. The first-order valence-corrected chi connectivity index (χ1v) is 7.29. The molecular formula is C15H12N4O5S. The highest BCUT2D eigenvalue weighted by molar-refractivity contribution is 7.71. The normalized spacial score (nSPS) is 11.0. The zero-order chi connectivity index (χ0) is 18.6. The maximum absolute atomic E-state index is 12.3. The molecule has 1 amide bonds. The van der Waals surface area contributed by atoms with Gasteiger partial charge in [-0.15, -0.1) is 0 Å². The van der Waals surface area contributed by atoms with Gasteiger partial charge in [0.15, 0.2) is 10.6 Å². The average Bonchev–Trinajstić information content (AvgIpc) is 2.54. The number of nitro benzene ring substituents is 1. The van der Waals surface area contributed by atoms with Crippen molar-refractivity contribution in [2.75, 3.05) is 5.32 Å². The van der Waals surface area contributed by atoms with Gasteiger partial charge >= 0.3 is 0 Å². The summed E-state index contributed by atoms with van der Waals surface area (Å²) in [7, 11) is 0. The number of rotatable bonds is 5. The molecule has 2 N–H and O–H groups in total. The predicted molar refractivity (Wildman–Crippen MR) is 92.6 cm³/mol. The molecule has 0 bridgehead atoms. The van der Waals surface area contributed by atoms with Crippen LogP contribution in [0, 0.1) is 14.9 Å². The Hall–Kier alpha value is -3.40. The summed E-state index contributed by atoms with van der Waals surface area (Å²) < 4.78 is 1.28. The molecule has 0 fully saturated rings. The number of carbonyl (C=O) groups excluding carboxylic acids is 2. The van der Waals surface area contributed by atoms with E-state index in [0.717, 1.165) is 0 Å². The Bertz CT molecular complexity index is 988. The van der Waals surface area contributed by atoms with Crippen molar-refractivity contribution in [1.82, 2.24) is 9.55 Å². The van der Waals surface area contributed by atoms with E-state index < -0.39 is 22.2 Å². The fourth-order valence-corrected chi connectivity index (χ4v) is 2.06. The van der Waals surface area contributed by atoms with Gasteiger partial charge in [-0.25, -0.2) is 0 Å². The lowest BCUT2D eigenvalue weighted by molar-refractivity contribution is -0.384. The summed E-state index contributed by atoms with van der Waals surface area (Å²) in [6.07, 6.45) is 2.52. The van der Waals surface area contributed by atoms with Crippen LogP contribution in [0.2, 0.25) is 0 Å². The number of hydrogen-bond acceptors (Lipinski definition) is 6. The second-order valence-electron chi connectivity index (χ2n) is 4.87. The zero-order valence-electron chi connectivity index (χ0n) is 12.9. The third-order valence-electron chi connectivity index (χ3n) is 3.08. The van der Waals surface area contributed by atoms with Crippen LogP contribution in [0.3, 0.4) is 0 Å². The quantitative estimate of drug-likeness (QED) is 0.209. The van der Waals surface area contributed by atoms with Crippen LogP contribution < -0.4 is 10.9 Å². The molecule has 1 aromatic carbocycles. The minimum Gasteiger partial charge on any atom is -0.322 e. The first kappa shape index (κ1) is 17.9. The van der Waals surface area contributed by atoms with Crippen LogP contribution in [0.1, 0.15) is 6.92 Å². The number of hydrogen-bond donors (Lipinski definition) is 2. The number of H-pyrrole nitrogens is 1. The van der Waals surface area contributed by atoms with E-state index in [-0.39, 0.29) is 21.7 Å². The molecule has 1 heterocycles. The Labute approximate surface area is 145 Å². The van der Waals surface area contributed by atoms with Crippen LogP contribution in [-0.2, 0) is 9.59 Å². The third kappa shape index (κ3) is 4.54. The smallest absolute Gasteiger partial charge is 0.269 e. The van der Waals surface area contributed by atoms with Gasteiger partial charge in [0.05, 0.1) is 10.5 Å². The molecule has 1 aromatic heterocycles. The van der Waals surface area contributed by atoms with Crippen LogP contribution in [0.5, 0.6) is 0 Å². The van der Waals surface area contributed by atoms with E-state index in [1.54, 1.807) is 0 Å². The third-order valence-corrected chi connectivity index (χ3v) is 3.39. The maximum atomic E-state index is 12.3. The number of anilines is 1. The summed E-state index contributed by atoms with van der Waals surface area (Å²) in [6, 6.07) is 6.34. The van der Waals surface area contributed by atoms with Crippen molar-refractivity contribution in [1.29, 1.82) is 0 Å². The monoisotopic (exact) mass is 360 g/mol. The maximum Gasteiger partial charge on any atom is 0.269 e. The molecule has 0 saturated heterocycles. The highest BCUT2D eigenvalue weighted by atomic mass is 32.1. The van der Waals surface area contributed by atoms with Gasteiger partial charge in [0.25, 0.3) is 17.2 Å². The van der Waals surface area contributed by atoms with Gasteiger partial charge in [-0.3, -0.25) is 34.0 Å². The van der Waals surface area contributed by atoms with E-state index in [2.05, 4.69) is 10.3 Å². The molecule has 2 rings (SSSR count). The van der Waals surface area contributed by atoms with Crippen LogP contribution >= 0.6 is 12.2 Å². The van der Waals surface area contributed by atoms with Crippen molar-refractivity contribution >= 4 is 41.5 Å². The molecule has 0 unspecified atom stereocenters. The highest BCUT2D eigenvalue weighted by Gasteiger charge is 2.16. The molecule has 0 radical (unpaired) electrons. The predicted octanol–water partition coefficient (Wildman–Crippen LogP) is 1.88. The van der Waals surface area contributed by atoms with E-state index in [0.29, 0.717) is 0 Å². The number of nitro groups is 1. The standard InChI is InChI=1S/C15H12N4O5S/c1-9(20)12(8-18-7-6-13(21)17-15(18)25)14(22)16-10-2-4-11(5-3-10)19(23)24/h2-8H,1H3,(H,16,22)(H,17,21,25). The minimum atomic E-state index is -0.713. The van der Waals surface area contributed by atoms with Crippen LogP contribution in [0.4, 0.5) is 11.4 Å². The average molecular weight is 360 g/mol. The molecule has 2 aromatic rings. The van der Waals surface area contributed by atoms with Crippen LogP contribution in [0.25, 0.3) is 6.20 Å². The summed E-state index contributed by atoms with van der Waals surface area (Å²) in [5.41, 5.74) is -0.455. The van der Waals surface area contributed by atoms with Gasteiger partial charge in [0.1, 0.15) is 0 Å². The highest BCUT2D eigenvalue weighted by Crippen LogP contribution is 2.16. The van der Waals surface area contributed by atoms with E-state index in [9.17, 15) is 24.5 Å². The number of aromatic amines is 1. The lowest BCUT2D eigenvalue weighted by Gasteiger charge is -2.07. The van der Waals surface area contributed by atoms with Gasteiger partial charge in [0, 0.05) is 36.3 Å². The number of Topliss-reactive ketones (excluding diaryl/α,β-unsaturated/α-hetero) is 1. The van der Waals surface area contributed by atoms with Crippen molar-refractivity contribution in [2.24, 2.45) is 0 Å². The molecule has 0 aliphatic carbocycles. The van der Waals surface area contributed by atoms with Gasteiger partial charge in [-0.05, 0) is 31.3 Å². The number of carbonyl (C=O) groups is 2. The molecule has 0 atom stereocenters. The van der Waals surface area contributed by atoms with Crippen molar-refractivity contribution in [2.45, 2.75) is 6.92 Å².